The number of ketones is 1. The number of benzene rings is 1. The molecule has 1 aromatic rings. The van der Waals surface area contributed by atoms with Crippen molar-refractivity contribution < 1.29 is 29.0 Å². The molecule has 0 saturated heterocycles. The van der Waals surface area contributed by atoms with Crippen LogP contribution in [0.5, 0.6) is 0 Å². The average molecular weight is 226 g/mol. The van der Waals surface area contributed by atoms with E-state index < -0.39 is 29.1 Å². The Hall–Kier alpha value is -2.24. The Morgan fingerprint density at radius 2 is 1.69 bits per heavy atom. The number of carbonyl (C=O) groups excluding carboxylic acids is 1. The van der Waals surface area contributed by atoms with Crippen LogP contribution in [-0.4, -0.2) is 27.9 Å². The summed E-state index contributed by atoms with van der Waals surface area (Å²) in [5.41, 5.74) is -0.937. The largest absolute Gasteiger partial charge is 0.478 e. The Balaban J connectivity index is 3.41. The van der Waals surface area contributed by atoms with E-state index in [0.29, 0.717) is 0 Å². The van der Waals surface area contributed by atoms with Gasteiger partial charge in [0.1, 0.15) is 5.82 Å². The molecule has 0 radical (unpaired) electrons. The molecule has 0 fully saturated rings. The lowest BCUT2D eigenvalue weighted by Gasteiger charge is -2.04. The molecule has 2 N–H and O–H groups in total. The topological polar surface area (TPSA) is 91.7 Å². The molecule has 84 valence electrons. The van der Waals surface area contributed by atoms with Gasteiger partial charge in [0.15, 0.2) is 0 Å². The highest BCUT2D eigenvalue weighted by Gasteiger charge is 2.22. The number of aryl methyl sites for hydroxylation is 1. The first kappa shape index (κ1) is 11.8. The second-order valence-electron chi connectivity index (χ2n) is 3.09. The second-order valence-corrected chi connectivity index (χ2v) is 3.09. The number of aliphatic carboxylic acids is 1. The molecule has 0 aliphatic rings. The van der Waals surface area contributed by atoms with Crippen molar-refractivity contribution in [2.24, 2.45) is 0 Å². The van der Waals surface area contributed by atoms with Crippen LogP contribution in [0.1, 0.15) is 26.3 Å². The minimum atomic E-state index is -1.83. The normalized spacial score (nSPS) is 9.88. The lowest BCUT2D eigenvalue weighted by atomic mass is 10.0. The monoisotopic (exact) mass is 226 g/mol. The fraction of sp³-hybridized carbons (Fsp3) is 0.100. The molecular weight excluding hydrogens is 219 g/mol. The van der Waals surface area contributed by atoms with Crippen molar-refractivity contribution in [2.75, 3.05) is 0 Å². The van der Waals surface area contributed by atoms with Crippen molar-refractivity contribution in [2.45, 2.75) is 6.92 Å². The Bertz CT molecular complexity index is 492. The molecule has 0 aliphatic carbocycles. The third-order valence-electron chi connectivity index (χ3n) is 1.98. The standard InChI is InChI=1S/C10H7FO5/c1-4-2-7(11)6(8(12)10(15)16)3-5(4)9(13)14/h2-3H,1H3,(H,13,14)(H,15,16). The Labute approximate surface area is 89.1 Å². The zero-order valence-corrected chi connectivity index (χ0v) is 8.15. The van der Waals surface area contributed by atoms with Crippen LogP contribution in [0.25, 0.3) is 0 Å². The van der Waals surface area contributed by atoms with Gasteiger partial charge >= 0.3 is 11.9 Å². The summed E-state index contributed by atoms with van der Waals surface area (Å²) < 4.78 is 13.2. The summed E-state index contributed by atoms with van der Waals surface area (Å²) in [5.74, 6) is -5.70. The molecule has 16 heavy (non-hydrogen) atoms. The summed E-state index contributed by atoms with van der Waals surface area (Å²) in [6.07, 6.45) is 0. The third-order valence-corrected chi connectivity index (χ3v) is 1.98. The molecule has 1 rings (SSSR count). The van der Waals surface area contributed by atoms with Crippen LogP contribution in [0.4, 0.5) is 4.39 Å². The number of carboxylic acids is 2. The van der Waals surface area contributed by atoms with Crippen LogP contribution in [0.2, 0.25) is 0 Å². The molecule has 0 bridgehead atoms. The zero-order valence-electron chi connectivity index (χ0n) is 8.15. The molecule has 0 aliphatic heterocycles. The lowest BCUT2D eigenvalue weighted by Crippen LogP contribution is -2.16. The minimum Gasteiger partial charge on any atom is -0.478 e. The van der Waals surface area contributed by atoms with Crippen molar-refractivity contribution >= 4 is 17.7 Å². The molecule has 1 aromatic carbocycles. The van der Waals surface area contributed by atoms with E-state index in [0.717, 1.165) is 12.1 Å². The number of carboxylic acid groups (broad SMARTS) is 2. The molecule has 0 atom stereocenters. The fourth-order valence-corrected chi connectivity index (χ4v) is 1.19. The van der Waals surface area contributed by atoms with Gasteiger partial charge in [-0.25, -0.2) is 14.0 Å². The van der Waals surface area contributed by atoms with Gasteiger partial charge in [0.25, 0.3) is 5.78 Å². The molecule has 0 saturated carbocycles. The Morgan fingerprint density at radius 1 is 1.12 bits per heavy atom. The van der Waals surface area contributed by atoms with Crippen molar-refractivity contribution in [1.29, 1.82) is 0 Å². The van der Waals surface area contributed by atoms with Crippen LogP contribution in [0, 0.1) is 12.7 Å². The van der Waals surface area contributed by atoms with Crippen molar-refractivity contribution in [1.82, 2.24) is 0 Å². The zero-order chi connectivity index (χ0) is 12.5. The Morgan fingerprint density at radius 3 is 2.12 bits per heavy atom. The number of Topliss-reactive ketones (excluding diaryl/α,β-unsaturated/α-hetero) is 1. The van der Waals surface area contributed by atoms with Gasteiger partial charge < -0.3 is 10.2 Å². The van der Waals surface area contributed by atoms with Gasteiger partial charge in [-0.1, -0.05) is 0 Å². The van der Waals surface area contributed by atoms with Crippen LogP contribution >= 0.6 is 0 Å². The quantitative estimate of drug-likeness (QED) is 0.594. The van der Waals surface area contributed by atoms with E-state index in [1.807, 2.05) is 0 Å². The van der Waals surface area contributed by atoms with Crippen molar-refractivity contribution in [3.8, 4) is 0 Å². The van der Waals surface area contributed by atoms with E-state index in [1.54, 1.807) is 0 Å². The number of halogens is 1. The molecule has 6 heteroatoms. The van der Waals surface area contributed by atoms with Gasteiger partial charge in [-0.15, -0.1) is 0 Å². The van der Waals surface area contributed by atoms with Crippen LogP contribution < -0.4 is 0 Å². The van der Waals surface area contributed by atoms with Gasteiger partial charge in [0.2, 0.25) is 0 Å². The summed E-state index contributed by atoms with van der Waals surface area (Å²) in [6.45, 7) is 1.35. The molecule has 0 amide bonds. The highest BCUT2D eigenvalue weighted by atomic mass is 19.1. The van der Waals surface area contributed by atoms with Gasteiger partial charge in [-0.05, 0) is 24.6 Å². The van der Waals surface area contributed by atoms with Gasteiger partial charge in [-0.2, -0.15) is 0 Å². The summed E-state index contributed by atoms with van der Waals surface area (Å²) in [4.78, 5) is 32.1. The summed E-state index contributed by atoms with van der Waals surface area (Å²) >= 11 is 0. The maximum Gasteiger partial charge on any atom is 0.377 e. The maximum absolute atomic E-state index is 13.2. The van der Waals surface area contributed by atoms with E-state index in [4.69, 9.17) is 10.2 Å². The fourth-order valence-electron chi connectivity index (χ4n) is 1.19. The van der Waals surface area contributed by atoms with Crippen LogP contribution in [-0.2, 0) is 4.79 Å². The number of carbonyl (C=O) groups is 3. The van der Waals surface area contributed by atoms with Crippen molar-refractivity contribution in [3.05, 3.63) is 34.6 Å². The van der Waals surface area contributed by atoms with E-state index >= 15 is 0 Å². The number of hydrogen-bond acceptors (Lipinski definition) is 3. The van der Waals surface area contributed by atoms with E-state index in [-0.39, 0.29) is 11.1 Å². The average Bonchev–Trinajstić information content (AvgIpc) is 2.16. The SMILES string of the molecule is Cc1cc(F)c(C(=O)C(=O)O)cc1C(=O)O. The smallest absolute Gasteiger partial charge is 0.377 e. The lowest BCUT2D eigenvalue weighted by molar-refractivity contribution is -0.131. The van der Waals surface area contributed by atoms with Crippen LogP contribution in [0.15, 0.2) is 12.1 Å². The first-order valence-corrected chi connectivity index (χ1v) is 4.15. The van der Waals surface area contributed by atoms with E-state index in [2.05, 4.69) is 0 Å². The van der Waals surface area contributed by atoms with E-state index in [9.17, 15) is 18.8 Å². The molecule has 0 aromatic heterocycles. The number of hydrogen-bond donors (Lipinski definition) is 2. The third kappa shape index (κ3) is 2.05. The van der Waals surface area contributed by atoms with Crippen molar-refractivity contribution in [3.63, 3.8) is 0 Å². The molecule has 0 unspecified atom stereocenters. The number of aromatic carboxylic acids is 1. The highest BCUT2D eigenvalue weighted by molar-refractivity contribution is 6.40. The van der Waals surface area contributed by atoms with Gasteiger partial charge in [0.05, 0.1) is 11.1 Å². The predicted molar refractivity (Wildman–Crippen MR) is 50.1 cm³/mol. The highest BCUT2D eigenvalue weighted by Crippen LogP contribution is 2.16. The first-order valence-electron chi connectivity index (χ1n) is 4.15. The predicted octanol–water partition coefficient (Wildman–Crippen LogP) is 1.10. The molecule has 0 heterocycles. The van der Waals surface area contributed by atoms with Crippen LogP contribution in [0.3, 0.4) is 0 Å². The molecular formula is C10H7FO5. The number of rotatable bonds is 3. The summed E-state index contributed by atoms with van der Waals surface area (Å²) in [6, 6.07) is 1.54. The molecule has 0 spiro atoms. The maximum atomic E-state index is 13.2. The Kier molecular flexibility index (Phi) is 3.03. The summed E-state index contributed by atoms with van der Waals surface area (Å²) in [5, 5.41) is 17.1. The molecule has 5 nitrogen and oxygen atoms in total. The van der Waals surface area contributed by atoms with Gasteiger partial charge in [-0.3, -0.25) is 4.79 Å². The van der Waals surface area contributed by atoms with Gasteiger partial charge in [0, 0.05) is 0 Å². The van der Waals surface area contributed by atoms with E-state index in [1.165, 1.54) is 6.92 Å². The second kappa shape index (κ2) is 4.09. The first-order chi connectivity index (χ1) is 7.34. The summed E-state index contributed by atoms with van der Waals surface area (Å²) in [7, 11) is 0. The minimum absolute atomic E-state index is 0.118.